The van der Waals surface area contributed by atoms with Crippen LogP contribution < -0.4 is 0 Å². The maximum absolute atomic E-state index is 6.32. The first kappa shape index (κ1) is 32.6. The average Bonchev–Trinajstić information content (AvgIpc) is 3.75. The Hall–Kier alpha value is -6.82. The highest BCUT2D eigenvalue weighted by Crippen LogP contribution is 2.68. The highest BCUT2D eigenvalue weighted by atomic mass is 32.3. The van der Waals surface area contributed by atoms with Gasteiger partial charge in [-0.15, -0.1) is 0 Å². The fourth-order valence-electron chi connectivity index (χ4n) is 8.43. The van der Waals surface area contributed by atoms with Crippen LogP contribution in [0, 0.1) is 0 Å². The van der Waals surface area contributed by atoms with Gasteiger partial charge in [-0.2, -0.15) is 10.0 Å². The molecular weight excluding hydrogens is 703 g/mol. The lowest BCUT2D eigenvalue weighted by atomic mass is 9.97. The molecule has 0 fully saturated rings. The fraction of sp³-hybridized carbons (Fsp3) is 0.0392. The van der Waals surface area contributed by atoms with Crippen LogP contribution in [0.5, 0.6) is 0 Å². The Morgan fingerprint density at radius 2 is 0.964 bits per heavy atom. The van der Waals surface area contributed by atoms with E-state index in [1.54, 1.807) is 0 Å². The molecule has 0 aliphatic carbocycles. The second kappa shape index (κ2) is 12.6. The number of aromatic nitrogens is 3. The van der Waals surface area contributed by atoms with Gasteiger partial charge >= 0.3 is 0 Å². The van der Waals surface area contributed by atoms with Crippen molar-refractivity contribution in [1.82, 2.24) is 15.0 Å². The van der Waals surface area contributed by atoms with Gasteiger partial charge in [-0.25, -0.2) is 15.0 Å². The summed E-state index contributed by atoms with van der Waals surface area (Å²) < 4.78 is 6.32. The molecule has 1 aliphatic heterocycles. The fourth-order valence-corrected chi connectivity index (χ4v) is 11.0. The van der Waals surface area contributed by atoms with Crippen molar-refractivity contribution in [1.29, 1.82) is 0 Å². The van der Waals surface area contributed by atoms with Crippen molar-refractivity contribution >= 4 is 42.7 Å². The normalized spacial score (nSPS) is 13.5. The highest BCUT2D eigenvalue weighted by Gasteiger charge is 2.34. The van der Waals surface area contributed by atoms with Gasteiger partial charge in [-0.1, -0.05) is 140 Å². The zero-order valence-electron chi connectivity index (χ0n) is 30.9. The molecule has 0 radical (unpaired) electrons. The van der Waals surface area contributed by atoms with E-state index in [1.807, 2.05) is 30.3 Å². The summed E-state index contributed by atoms with van der Waals surface area (Å²) in [5.41, 5.74) is 11.6. The van der Waals surface area contributed by atoms with Gasteiger partial charge in [0.15, 0.2) is 17.5 Å². The molecule has 5 heteroatoms. The Bertz CT molecular complexity index is 3180. The van der Waals surface area contributed by atoms with Gasteiger partial charge < -0.3 is 4.42 Å². The standard InChI is InChI=1S/C51H35N3OS/c1-56(2)45-22-8-6-17-40(45)48-42(19-11-23-46(48)56)51-53-49(52-50(54-51)41-18-10-21-44-47(41)39-16-5-7-20-43(39)55-44)38-15-9-14-36(31-38)33-24-26-34(27-25-33)37-29-28-32-12-3-4-13-35(32)30-37/h3-31H,1-2H3. The minimum atomic E-state index is -1.22. The molecule has 8 aromatic carbocycles. The SMILES string of the molecule is CS1(C)c2ccccc2-c2c(-c3nc(-c4cccc(-c5ccc(-c6ccc7ccccc7c6)cc5)c4)nc(-c4cccc5oc6ccccc6c45)n3)cccc21. The van der Waals surface area contributed by atoms with Crippen molar-refractivity contribution in [2.24, 2.45) is 0 Å². The molecule has 0 saturated heterocycles. The van der Waals surface area contributed by atoms with E-state index < -0.39 is 10.0 Å². The average molecular weight is 738 g/mol. The van der Waals surface area contributed by atoms with Crippen molar-refractivity contribution < 1.29 is 4.42 Å². The van der Waals surface area contributed by atoms with Gasteiger partial charge in [0.05, 0.1) is 0 Å². The van der Waals surface area contributed by atoms with E-state index >= 15 is 0 Å². The summed E-state index contributed by atoms with van der Waals surface area (Å²) in [5, 5.41) is 4.52. The first-order valence-electron chi connectivity index (χ1n) is 18.8. The van der Waals surface area contributed by atoms with Crippen LogP contribution in [0.3, 0.4) is 0 Å². The van der Waals surface area contributed by atoms with E-state index in [-0.39, 0.29) is 0 Å². The first-order chi connectivity index (χ1) is 27.5. The predicted octanol–water partition coefficient (Wildman–Crippen LogP) is 13.7. The summed E-state index contributed by atoms with van der Waals surface area (Å²) in [7, 11) is -1.22. The number of hydrogen-bond donors (Lipinski definition) is 0. The Kier molecular flexibility index (Phi) is 7.35. The molecule has 0 N–H and O–H groups in total. The second-order valence-electron chi connectivity index (χ2n) is 14.8. The van der Waals surface area contributed by atoms with Crippen LogP contribution in [0.4, 0.5) is 0 Å². The molecule has 0 saturated carbocycles. The zero-order chi connectivity index (χ0) is 37.4. The van der Waals surface area contributed by atoms with E-state index in [0.29, 0.717) is 17.5 Å². The molecular formula is C51H35N3OS. The van der Waals surface area contributed by atoms with E-state index in [9.17, 15) is 0 Å². The number of furan rings is 1. The molecule has 0 amide bonds. The first-order valence-corrected chi connectivity index (χ1v) is 21.3. The van der Waals surface area contributed by atoms with Gasteiger partial charge in [-0.3, -0.25) is 0 Å². The Labute approximate surface area is 326 Å². The van der Waals surface area contributed by atoms with Crippen LogP contribution in [0.25, 0.3) is 100 Å². The lowest BCUT2D eigenvalue weighted by Crippen LogP contribution is -2.01. The molecule has 266 valence electrons. The number of hydrogen-bond acceptors (Lipinski definition) is 4. The number of nitrogens with zero attached hydrogens (tertiary/aromatic N) is 3. The third kappa shape index (κ3) is 5.19. The molecule has 0 atom stereocenters. The van der Waals surface area contributed by atoms with Crippen molar-refractivity contribution in [3.63, 3.8) is 0 Å². The van der Waals surface area contributed by atoms with Crippen molar-refractivity contribution in [2.45, 2.75) is 9.79 Å². The van der Waals surface area contributed by atoms with Gasteiger partial charge in [-0.05, 0) is 87.5 Å². The smallest absolute Gasteiger partial charge is 0.164 e. The lowest BCUT2D eigenvalue weighted by Gasteiger charge is -2.28. The topological polar surface area (TPSA) is 51.8 Å². The molecule has 10 aromatic rings. The van der Waals surface area contributed by atoms with Gasteiger partial charge in [0, 0.05) is 42.8 Å². The van der Waals surface area contributed by atoms with E-state index in [2.05, 4.69) is 158 Å². The van der Waals surface area contributed by atoms with Crippen LogP contribution in [0.15, 0.2) is 190 Å². The maximum Gasteiger partial charge on any atom is 0.164 e. The summed E-state index contributed by atoms with van der Waals surface area (Å²) in [4.78, 5) is 18.6. The molecule has 0 spiro atoms. The van der Waals surface area contributed by atoms with Gasteiger partial charge in [0.2, 0.25) is 0 Å². The monoisotopic (exact) mass is 737 g/mol. The van der Waals surface area contributed by atoms with E-state index in [0.717, 1.165) is 49.8 Å². The van der Waals surface area contributed by atoms with Crippen LogP contribution in [0.1, 0.15) is 0 Å². The van der Waals surface area contributed by atoms with Crippen LogP contribution in [-0.2, 0) is 0 Å². The van der Waals surface area contributed by atoms with Crippen molar-refractivity contribution in [2.75, 3.05) is 12.5 Å². The summed E-state index contributed by atoms with van der Waals surface area (Å²) in [6.45, 7) is 0. The minimum absolute atomic E-state index is 0.614. The maximum atomic E-state index is 6.32. The molecule has 0 unspecified atom stereocenters. The van der Waals surface area contributed by atoms with Crippen LogP contribution in [-0.4, -0.2) is 27.5 Å². The summed E-state index contributed by atoms with van der Waals surface area (Å²) in [5.74, 6) is 1.89. The number of rotatable bonds is 5. The zero-order valence-corrected chi connectivity index (χ0v) is 31.7. The third-order valence-electron chi connectivity index (χ3n) is 11.2. The molecule has 56 heavy (non-hydrogen) atoms. The molecule has 2 aromatic heterocycles. The van der Waals surface area contributed by atoms with Crippen LogP contribution >= 0.6 is 10.0 Å². The van der Waals surface area contributed by atoms with E-state index in [1.165, 1.54) is 42.8 Å². The summed E-state index contributed by atoms with van der Waals surface area (Å²) >= 11 is 0. The van der Waals surface area contributed by atoms with Crippen molar-refractivity contribution in [3.8, 4) is 67.5 Å². The third-order valence-corrected chi connectivity index (χ3v) is 14.1. The predicted molar refractivity (Wildman–Crippen MR) is 233 cm³/mol. The highest BCUT2D eigenvalue weighted by molar-refractivity contribution is 8.33. The summed E-state index contributed by atoms with van der Waals surface area (Å²) in [6.07, 6.45) is 4.77. The quantitative estimate of drug-likeness (QED) is 0.176. The molecule has 11 rings (SSSR count). The second-order valence-corrected chi connectivity index (χ2v) is 18.3. The largest absolute Gasteiger partial charge is 0.456 e. The lowest BCUT2D eigenvalue weighted by molar-refractivity contribution is 0.669. The van der Waals surface area contributed by atoms with Gasteiger partial charge in [0.1, 0.15) is 11.2 Å². The number of fused-ring (bicyclic) bond motifs is 7. The number of para-hydroxylation sites is 1. The number of benzene rings is 8. The molecule has 4 nitrogen and oxygen atoms in total. The molecule has 3 heterocycles. The Balaban J connectivity index is 1.07. The minimum Gasteiger partial charge on any atom is -0.456 e. The molecule has 0 bridgehead atoms. The van der Waals surface area contributed by atoms with Crippen LogP contribution in [0.2, 0.25) is 0 Å². The van der Waals surface area contributed by atoms with Crippen molar-refractivity contribution in [3.05, 3.63) is 176 Å². The van der Waals surface area contributed by atoms with E-state index in [4.69, 9.17) is 19.4 Å². The molecule has 1 aliphatic rings. The van der Waals surface area contributed by atoms with Gasteiger partial charge in [0.25, 0.3) is 0 Å². The Morgan fingerprint density at radius 3 is 1.82 bits per heavy atom. The Morgan fingerprint density at radius 1 is 0.393 bits per heavy atom. The summed E-state index contributed by atoms with van der Waals surface area (Å²) in [6, 6.07) is 62.2.